The number of para-hydroxylation sites is 2. The van der Waals surface area contributed by atoms with Gasteiger partial charge >= 0.3 is 7.12 Å². The van der Waals surface area contributed by atoms with Crippen molar-refractivity contribution in [2.24, 2.45) is 0 Å². The molecule has 134 valence electrons. The van der Waals surface area contributed by atoms with Gasteiger partial charge < -0.3 is 14.0 Å². The average molecular weight is 358 g/mol. The SMILES string of the molecule is CO[C@@H](C)c1ccccc1B1O[C@H]2C=Cc3nc4ccccc4nc3[C@H]2O1. The van der Waals surface area contributed by atoms with Gasteiger partial charge in [0.25, 0.3) is 0 Å². The molecule has 1 saturated heterocycles. The van der Waals surface area contributed by atoms with E-state index in [4.69, 9.17) is 24.0 Å². The summed E-state index contributed by atoms with van der Waals surface area (Å²) in [5.74, 6) is 0. The van der Waals surface area contributed by atoms with Crippen molar-refractivity contribution in [1.82, 2.24) is 9.97 Å². The molecule has 5 nitrogen and oxygen atoms in total. The maximum Gasteiger partial charge on any atom is 0.495 e. The molecule has 1 aromatic heterocycles. The number of benzene rings is 2. The molecule has 1 fully saturated rings. The van der Waals surface area contributed by atoms with Gasteiger partial charge in [-0.1, -0.05) is 42.5 Å². The van der Waals surface area contributed by atoms with Gasteiger partial charge in [0.1, 0.15) is 6.10 Å². The van der Waals surface area contributed by atoms with E-state index in [1.807, 2.05) is 61.5 Å². The van der Waals surface area contributed by atoms with Gasteiger partial charge in [-0.3, -0.25) is 0 Å². The second kappa shape index (κ2) is 6.57. The Bertz CT molecular complexity index is 1040. The summed E-state index contributed by atoms with van der Waals surface area (Å²) in [7, 11) is 1.25. The van der Waals surface area contributed by atoms with Crippen LogP contribution in [0.1, 0.15) is 36.1 Å². The summed E-state index contributed by atoms with van der Waals surface area (Å²) < 4.78 is 18.1. The molecule has 1 aliphatic heterocycles. The smallest absolute Gasteiger partial charge is 0.398 e. The van der Waals surface area contributed by atoms with E-state index in [0.717, 1.165) is 33.4 Å². The van der Waals surface area contributed by atoms with E-state index in [-0.39, 0.29) is 18.3 Å². The molecule has 27 heavy (non-hydrogen) atoms. The predicted octanol–water partition coefficient (Wildman–Crippen LogP) is 3.22. The first-order valence-electron chi connectivity index (χ1n) is 9.12. The standard InChI is InChI=1S/C21H19BN2O3/c1-13(25-2)14-7-3-4-8-15(14)22-26-19-12-11-18-20(21(19)27-22)24-17-10-6-5-9-16(17)23-18/h3-13,19,21H,1-2H3/t13-,19-,21-/m0/s1. The van der Waals surface area contributed by atoms with Gasteiger partial charge in [-0.25, -0.2) is 9.97 Å². The second-order valence-electron chi connectivity index (χ2n) is 6.84. The Balaban J connectivity index is 1.52. The van der Waals surface area contributed by atoms with E-state index in [1.54, 1.807) is 7.11 Å². The molecule has 3 aromatic rings. The van der Waals surface area contributed by atoms with Crippen LogP contribution in [-0.4, -0.2) is 30.3 Å². The summed E-state index contributed by atoms with van der Waals surface area (Å²) >= 11 is 0. The normalized spacial score (nSPS) is 21.9. The lowest BCUT2D eigenvalue weighted by Crippen LogP contribution is -2.36. The van der Waals surface area contributed by atoms with E-state index in [1.165, 1.54) is 0 Å². The summed E-state index contributed by atoms with van der Waals surface area (Å²) in [5.41, 5.74) is 5.49. The van der Waals surface area contributed by atoms with Crippen molar-refractivity contribution >= 4 is 29.7 Å². The van der Waals surface area contributed by atoms with Gasteiger partial charge in [0.05, 0.1) is 34.6 Å². The van der Waals surface area contributed by atoms with E-state index in [2.05, 4.69) is 6.07 Å². The number of hydrogen-bond donors (Lipinski definition) is 0. The Labute approximate surface area is 158 Å². The van der Waals surface area contributed by atoms with E-state index < -0.39 is 7.12 Å². The molecular weight excluding hydrogens is 339 g/mol. The highest BCUT2D eigenvalue weighted by Gasteiger charge is 2.44. The monoisotopic (exact) mass is 358 g/mol. The van der Waals surface area contributed by atoms with Gasteiger partial charge in [-0.05, 0) is 36.2 Å². The van der Waals surface area contributed by atoms with Crippen LogP contribution in [0.5, 0.6) is 0 Å². The number of hydrogen-bond acceptors (Lipinski definition) is 5. The van der Waals surface area contributed by atoms with Crippen LogP contribution in [0, 0.1) is 0 Å². The molecule has 0 N–H and O–H groups in total. The van der Waals surface area contributed by atoms with Crippen LogP contribution < -0.4 is 5.46 Å². The fourth-order valence-electron chi connectivity index (χ4n) is 3.74. The van der Waals surface area contributed by atoms with Crippen molar-refractivity contribution in [2.75, 3.05) is 7.11 Å². The molecule has 0 spiro atoms. The first-order chi connectivity index (χ1) is 13.2. The lowest BCUT2D eigenvalue weighted by atomic mass is 9.75. The maximum atomic E-state index is 6.33. The van der Waals surface area contributed by atoms with Gasteiger partial charge in [-0.2, -0.15) is 0 Å². The first-order valence-corrected chi connectivity index (χ1v) is 9.12. The number of fused-ring (bicyclic) bond motifs is 4. The Hall–Kier alpha value is -2.54. The first kappa shape index (κ1) is 16.6. The number of rotatable bonds is 3. The van der Waals surface area contributed by atoms with E-state index in [0.29, 0.717) is 0 Å². The fraction of sp³-hybridized carbons (Fsp3) is 0.238. The van der Waals surface area contributed by atoms with E-state index >= 15 is 0 Å². The largest absolute Gasteiger partial charge is 0.495 e. The molecule has 0 amide bonds. The van der Waals surface area contributed by atoms with Crippen LogP contribution in [0.15, 0.2) is 54.6 Å². The van der Waals surface area contributed by atoms with Crippen molar-refractivity contribution in [2.45, 2.75) is 25.2 Å². The van der Waals surface area contributed by atoms with Gasteiger partial charge in [0, 0.05) is 7.11 Å². The van der Waals surface area contributed by atoms with Crippen molar-refractivity contribution in [3.63, 3.8) is 0 Å². The van der Waals surface area contributed by atoms with Crippen LogP contribution in [0.25, 0.3) is 17.1 Å². The van der Waals surface area contributed by atoms with Crippen LogP contribution in [0.2, 0.25) is 0 Å². The number of nitrogens with zero attached hydrogens (tertiary/aromatic N) is 2. The predicted molar refractivity (Wildman–Crippen MR) is 105 cm³/mol. The second-order valence-corrected chi connectivity index (χ2v) is 6.84. The van der Waals surface area contributed by atoms with Crippen LogP contribution >= 0.6 is 0 Å². The number of methoxy groups -OCH3 is 1. The zero-order valence-electron chi connectivity index (χ0n) is 15.2. The minimum absolute atomic E-state index is 0.0393. The van der Waals surface area contributed by atoms with Gasteiger partial charge in [-0.15, -0.1) is 0 Å². The molecule has 3 atom stereocenters. The maximum absolute atomic E-state index is 6.33. The summed E-state index contributed by atoms with van der Waals surface area (Å²) in [6.07, 6.45) is 3.51. The summed E-state index contributed by atoms with van der Waals surface area (Å²) in [6.45, 7) is 2.02. The number of ether oxygens (including phenoxy) is 1. The Kier molecular flexibility index (Phi) is 4.04. The van der Waals surface area contributed by atoms with Crippen molar-refractivity contribution in [1.29, 1.82) is 0 Å². The molecule has 5 rings (SSSR count). The Morgan fingerprint density at radius 2 is 1.74 bits per heavy atom. The third kappa shape index (κ3) is 2.77. The zero-order valence-corrected chi connectivity index (χ0v) is 15.2. The number of aromatic nitrogens is 2. The molecule has 0 saturated carbocycles. The van der Waals surface area contributed by atoms with Crippen LogP contribution in [0.3, 0.4) is 0 Å². The molecular formula is C21H19BN2O3. The lowest BCUT2D eigenvalue weighted by molar-refractivity contribution is 0.120. The third-order valence-corrected chi connectivity index (χ3v) is 5.23. The quantitative estimate of drug-likeness (QED) is 0.673. The third-order valence-electron chi connectivity index (χ3n) is 5.23. The van der Waals surface area contributed by atoms with Crippen molar-refractivity contribution in [3.05, 3.63) is 71.6 Å². The average Bonchev–Trinajstić information content (AvgIpc) is 3.16. The molecule has 2 heterocycles. The highest BCUT2D eigenvalue weighted by molar-refractivity contribution is 6.62. The molecule has 0 radical (unpaired) electrons. The van der Waals surface area contributed by atoms with Gasteiger partial charge in [0.2, 0.25) is 0 Å². The molecule has 0 bridgehead atoms. The highest BCUT2D eigenvalue weighted by atomic mass is 16.7. The summed E-state index contributed by atoms with van der Waals surface area (Å²) in [5, 5.41) is 0. The molecule has 2 aromatic carbocycles. The van der Waals surface area contributed by atoms with Gasteiger partial charge in [0.15, 0.2) is 0 Å². The molecule has 1 aliphatic carbocycles. The van der Waals surface area contributed by atoms with Crippen LogP contribution in [-0.2, 0) is 14.0 Å². The van der Waals surface area contributed by atoms with E-state index in [9.17, 15) is 0 Å². The Morgan fingerprint density at radius 1 is 1.00 bits per heavy atom. The molecule has 0 unspecified atom stereocenters. The highest BCUT2D eigenvalue weighted by Crippen LogP contribution is 2.37. The Morgan fingerprint density at radius 3 is 2.56 bits per heavy atom. The van der Waals surface area contributed by atoms with Crippen molar-refractivity contribution in [3.8, 4) is 0 Å². The minimum atomic E-state index is -0.460. The molecule has 6 heteroatoms. The fourth-order valence-corrected chi connectivity index (χ4v) is 3.74. The summed E-state index contributed by atoms with van der Waals surface area (Å²) in [6, 6.07) is 16.0. The van der Waals surface area contributed by atoms with Crippen LogP contribution in [0.4, 0.5) is 0 Å². The molecule has 2 aliphatic rings. The van der Waals surface area contributed by atoms with Crippen molar-refractivity contribution < 1.29 is 14.0 Å². The lowest BCUT2D eigenvalue weighted by Gasteiger charge is -2.20. The summed E-state index contributed by atoms with van der Waals surface area (Å²) in [4.78, 5) is 9.54. The topological polar surface area (TPSA) is 53.5 Å². The minimum Gasteiger partial charge on any atom is -0.398 e. The zero-order chi connectivity index (χ0) is 18.4.